The molecule has 2 atom stereocenters. The van der Waals surface area contributed by atoms with Gasteiger partial charge in [0, 0.05) is 18.1 Å². The molecule has 0 spiro atoms. The van der Waals surface area contributed by atoms with Gasteiger partial charge in [0.15, 0.2) is 0 Å². The van der Waals surface area contributed by atoms with Crippen molar-refractivity contribution in [1.82, 2.24) is 4.90 Å². The molecule has 2 rings (SSSR count). The van der Waals surface area contributed by atoms with Crippen LogP contribution in [0.5, 0.6) is 0 Å². The molecule has 0 radical (unpaired) electrons. The number of nitrogens with zero attached hydrogens (tertiary/aromatic N) is 1. The van der Waals surface area contributed by atoms with E-state index in [0.29, 0.717) is 12.1 Å². The summed E-state index contributed by atoms with van der Waals surface area (Å²) in [7, 11) is 0. The lowest BCUT2D eigenvalue weighted by molar-refractivity contribution is 0.0894. The van der Waals surface area contributed by atoms with Crippen LogP contribution >= 0.6 is 0 Å². The molecular formula is C16H32N2. The van der Waals surface area contributed by atoms with Gasteiger partial charge in [0.1, 0.15) is 0 Å². The maximum Gasteiger partial charge on any atom is 0.0250 e. The van der Waals surface area contributed by atoms with Gasteiger partial charge < -0.3 is 5.73 Å². The summed E-state index contributed by atoms with van der Waals surface area (Å²) >= 11 is 0. The Morgan fingerprint density at radius 3 is 2.28 bits per heavy atom. The first-order valence-corrected chi connectivity index (χ1v) is 8.34. The van der Waals surface area contributed by atoms with Crippen LogP contribution in [0.4, 0.5) is 0 Å². The molecule has 0 aliphatic heterocycles. The summed E-state index contributed by atoms with van der Waals surface area (Å²) in [5, 5.41) is 0. The molecule has 0 amide bonds. The molecule has 0 aromatic heterocycles. The van der Waals surface area contributed by atoms with Crippen molar-refractivity contribution in [2.45, 2.75) is 95.7 Å². The molecule has 0 heterocycles. The number of nitrogens with two attached hydrogens (primary N) is 1. The normalized spacial score (nSPS) is 30.2. The lowest BCUT2D eigenvalue weighted by atomic mass is 9.88. The zero-order valence-electron chi connectivity index (χ0n) is 12.2. The fourth-order valence-electron chi connectivity index (χ4n) is 3.95. The Kier molecular flexibility index (Phi) is 5.97. The number of hydrogen-bond acceptors (Lipinski definition) is 2. The number of rotatable bonds is 6. The molecule has 2 fully saturated rings. The van der Waals surface area contributed by atoms with Crippen molar-refractivity contribution in [3.05, 3.63) is 0 Å². The standard InChI is InChI=1S/C16H32N2/c1-2-3-8-13-18(14-9-4-5-10-14)16-12-7-6-11-15(16)17/h14-16H,2-13,17H2,1H3/t15-,16-/m1/s1. The van der Waals surface area contributed by atoms with Crippen LogP contribution in [0.1, 0.15) is 77.6 Å². The summed E-state index contributed by atoms with van der Waals surface area (Å²) < 4.78 is 0. The molecular weight excluding hydrogens is 220 g/mol. The lowest BCUT2D eigenvalue weighted by Gasteiger charge is -2.42. The first-order chi connectivity index (χ1) is 8.83. The fraction of sp³-hybridized carbons (Fsp3) is 1.00. The minimum Gasteiger partial charge on any atom is -0.326 e. The van der Waals surface area contributed by atoms with E-state index < -0.39 is 0 Å². The molecule has 2 saturated carbocycles. The van der Waals surface area contributed by atoms with Crippen molar-refractivity contribution in [3.63, 3.8) is 0 Å². The Morgan fingerprint density at radius 1 is 0.944 bits per heavy atom. The van der Waals surface area contributed by atoms with Crippen LogP contribution < -0.4 is 5.73 Å². The molecule has 2 aliphatic carbocycles. The highest BCUT2D eigenvalue weighted by Crippen LogP contribution is 2.30. The second-order valence-corrected chi connectivity index (χ2v) is 6.40. The van der Waals surface area contributed by atoms with Gasteiger partial charge >= 0.3 is 0 Å². The molecule has 2 heteroatoms. The third-order valence-corrected chi connectivity index (χ3v) is 5.02. The molecule has 2 nitrogen and oxygen atoms in total. The van der Waals surface area contributed by atoms with Crippen molar-refractivity contribution < 1.29 is 0 Å². The SMILES string of the molecule is CCCCCN(C1CCCC1)[C@@H]1CCCC[C@H]1N. The van der Waals surface area contributed by atoms with Crippen LogP contribution in [0.3, 0.4) is 0 Å². The Hall–Kier alpha value is -0.0800. The summed E-state index contributed by atoms with van der Waals surface area (Å²) in [6, 6.07) is 2.00. The number of hydrogen-bond donors (Lipinski definition) is 1. The van der Waals surface area contributed by atoms with Gasteiger partial charge in [-0.3, -0.25) is 4.90 Å². The van der Waals surface area contributed by atoms with Crippen molar-refractivity contribution in [1.29, 1.82) is 0 Å². The van der Waals surface area contributed by atoms with Crippen molar-refractivity contribution >= 4 is 0 Å². The average Bonchev–Trinajstić information content (AvgIpc) is 2.90. The highest BCUT2D eigenvalue weighted by molar-refractivity contribution is 4.90. The highest BCUT2D eigenvalue weighted by atomic mass is 15.2. The van der Waals surface area contributed by atoms with Crippen LogP contribution in [-0.2, 0) is 0 Å². The fourth-order valence-corrected chi connectivity index (χ4v) is 3.95. The van der Waals surface area contributed by atoms with E-state index in [2.05, 4.69) is 11.8 Å². The van der Waals surface area contributed by atoms with Gasteiger partial charge in [-0.25, -0.2) is 0 Å². The first-order valence-electron chi connectivity index (χ1n) is 8.34. The van der Waals surface area contributed by atoms with E-state index in [1.165, 1.54) is 77.2 Å². The Balaban J connectivity index is 1.93. The van der Waals surface area contributed by atoms with E-state index in [1.807, 2.05) is 0 Å². The average molecular weight is 252 g/mol. The largest absolute Gasteiger partial charge is 0.326 e. The number of unbranched alkanes of at least 4 members (excludes halogenated alkanes) is 2. The Labute approximate surface area is 113 Å². The van der Waals surface area contributed by atoms with Crippen molar-refractivity contribution in [2.75, 3.05) is 6.54 Å². The smallest absolute Gasteiger partial charge is 0.0250 e. The van der Waals surface area contributed by atoms with Crippen LogP contribution in [0.25, 0.3) is 0 Å². The molecule has 0 aromatic rings. The monoisotopic (exact) mass is 252 g/mol. The van der Waals surface area contributed by atoms with E-state index in [0.717, 1.165) is 6.04 Å². The summed E-state index contributed by atoms with van der Waals surface area (Å²) in [6.07, 6.45) is 15.2. The van der Waals surface area contributed by atoms with Crippen LogP contribution in [0, 0.1) is 0 Å². The third kappa shape index (κ3) is 3.71. The minimum absolute atomic E-state index is 0.445. The maximum atomic E-state index is 6.41. The maximum absolute atomic E-state index is 6.41. The topological polar surface area (TPSA) is 29.3 Å². The minimum atomic E-state index is 0.445. The van der Waals surface area contributed by atoms with E-state index in [-0.39, 0.29) is 0 Å². The van der Waals surface area contributed by atoms with E-state index >= 15 is 0 Å². The van der Waals surface area contributed by atoms with Gasteiger partial charge in [-0.2, -0.15) is 0 Å². The van der Waals surface area contributed by atoms with Crippen LogP contribution in [-0.4, -0.2) is 29.6 Å². The quantitative estimate of drug-likeness (QED) is 0.731. The molecule has 18 heavy (non-hydrogen) atoms. The van der Waals surface area contributed by atoms with Gasteiger partial charge in [0.05, 0.1) is 0 Å². The van der Waals surface area contributed by atoms with Gasteiger partial charge in [-0.05, 0) is 38.6 Å². The second-order valence-electron chi connectivity index (χ2n) is 6.40. The van der Waals surface area contributed by atoms with Crippen molar-refractivity contribution in [2.24, 2.45) is 5.73 Å². The van der Waals surface area contributed by atoms with Crippen LogP contribution in [0.2, 0.25) is 0 Å². The molecule has 2 aliphatic rings. The summed E-state index contributed by atoms with van der Waals surface area (Å²) in [4.78, 5) is 2.83. The summed E-state index contributed by atoms with van der Waals surface area (Å²) in [6.45, 7) is 3.60. The summed E-state index contributed by atoms with van der Waals surface area (Å²) in [5.74, 6) is 0. The van der Waals surface area contributed by atoms with Crippen LogP contribution in [0.15, 0.2) is 0 Å². The molecule has 2 N–H and O–H groups in total. The van der Waals surface area contributed by atoms with E-state index in [4.69, 9.17) is 5.73 Å². The predicted molar refractivity (Wildman–Crippen MR) is 78.7 cm³/mol. The predicted octanol–water partition coefficient (Wildman–Crippen LogP) is 3.69. The lowest BCUT2D eigenvalue weighted by Crippen LogP contribution is -2.53. The van der Waals surface area contributed by atoms with E-state index in [9.17, 15) is 0 Å². The van der Waals surface area contributed by atoms with Gasteiger partial charge in [0.2, 0.25) is 0 Å². The molecule has 0 bridgehead atoms. The van der Waals surface area contributed by atoms with Gasteiger partial charge in [-0.1, -0.05) is 45.4 Å². The Morgan fingerprint density at radius 2 is 1.61 bits per heavy atom. The van der Waals surface area contributed by atoms with Gasteiger partial charge in [0.25, 0.3) is 0 Å². The molecule has 0 saturated heterocycles. The third-order valence-electron chi connectivity index (χ3n) is 5.02. The zero-order chi connectivity index (χ0) is 12.8. The molecule has 106 valence electrons. The van der Waals surface area contributed by atoms with Crippen molar-refractivity contribution in [3.8, 4) is 0 Å². The summed E-state index contributed by atoms with van der Waals surface area (Å²) in [5.41, 5.74) is 6.41. The van der Waals surface area contributed by atoms with Gasteiger partial charge in [-0.15, -0.1) is 0 Å². The highest BCUT2D eigenvalue weighted by Gasteiger charge is 2.32. The van der Waals surface area contributed by atoms with E-state index in [1.54, 1.807) is 0 Å². The zero-order valence-corrected chi connectivity index (χ0v) is 12.2. The first kappa shape index (κ1) is 14.3. The molecule has 0 unspecified atom stereocenters. The molecule has 0 aromatic carbocycles. The Bertz CT molecular complexity index is 223. The second kappa shape index (κ2) is 7.49.